The van der Waals surface area contributed by atoms with Crippen molar-refractivity contribution in [2.24, 2.45) is 0 Å². The molecule has 0 saturated heterocycles. The predicted molar refractivity (Wildman–Crippen MR) is 89.4 cm³/mol. The van der Waals surface area contributed by atoms with E-state index in [1.807, 2.05) is 43.3 Å². The lowest BCUT2D eigenvalue weighted by molar-refractivity contribution is 0.100. The first-order chi connectivity index (χ1) is 11.6. The minimum absolute atomic E-state index is 0.116. The fraction of sp³-hybridized carbons (Fsp3) is 0.176. The van der Waals surface area contributed by atoms with Gasteiger partial charge < -0.3 is 4.57 Å². The van der Waals surface area contributed by atoms with Crippen LogP contribution in [0.15, 0.2) is 53.8 Å². The minimum atomic E-state index is -0.487. The van der Waals surface area contributed by atoms with Crippen LogP contribution in [0.3, 0.4) is 0 Å². The standard InChI is InChI=1S/C17H17N5O2/c1-12-8-13(2)22(9-14-6-4-3-5-7-14)17(24)15(12)16(23)20-21-10-18-19-11-21/h3-8,10-11H,9H2,1-2H3,(H,20,23). The molecule has 1 amide bonds. The molecule has 3 rings (SSSR count). The van der Waals surface area contributed by atoms with Crippen LogP contribution in [0.1, 0.15) is 27.2 Å². The molecule has 3 aromatic rings. The topological polar surface area (TPSA) is 81.8 Å². The van der Waals surface area contributed by atoms with Crippen LogP contribution >= 0.6 is 0 Å². The summed E-state index contributed by atoms with van der Waals surface area (Å²) in [4.78, 5) is 25.3. The molecule has 0 aliphatic heterocycles. The summed E-state index contributed by atoms with van der Waals surface area (Å²) in [5.41, 5.74) is 4.80. The number of carbonyl (C=O) groups excluding carboxylic acids is 1. The quantitative estimate of drug-likeness (QED) is 0.788. The molecule has 0 radical (unpaired) electrons. The van der Waals surface area contributed by atoms with E-state index in [1.54, 1.807) is 11.5 Å². The van der Waals surface area contributed by atoms with Crippen LogP contribution in [0.2, 0.25) is 0 Å². The highest BCUT2D eigenvalue weighted by Gasteiger charge is 2.18. The predicted octanol–water partition coefficient (Wildman–Crippen LogP) is 1.49. The molecule has 0 aliphatic carbocycles. The molecule has 0 saturated carbocycles. The summed E-state index contributed by atoms with van der Waals surface area (Å²) in [6, 6.07) is 11.5. The molecule has 1 N–H and O–H groups in total. The summed E-state index contributed by atoms with van der Waals surface area (Å²) < 4.78 is 2.91. The lowest BCUT2D eigenvalue weighted by atomic mass is 10.1. The average Bonchev–Trinajstić information content (AvgIpc) is 3.05. The lowest BCUT2D eigenvalue weighted by Gasteiger charge is -2.14. The van der Waals surface area contributed by atoms with Crippen LogP contribution in [0, 0.1) is 13.8 Å². The van der Waals surface area contributed by atoms with E-state index >= 15 is 0 Å². The molecule has 0 spiro atoms. The Morgan fingerprint density at radius 1 is 1.12 bits per heavy atom. The van der Waals surface area contributed by atoms with Crippen molar-refractivity contribution in [2.45, 2.75) is 20.4 Å². The summed E-state index contributed by atoms with van der Waals surface area (Å²) >= 11 is 0. The number of hydrogen-bond donors (Lipinski definition) is 1. The van der Waals surface area contributed by atoms with Crippen molar-refractivity contribution < 1.29 is 4.79 Å². The fourth-order valence-electron chi connectivity index (χ4n) is 2.60. The summed E-state index contributed by atoms with van der Waals surface area (Å²) in [5, 5.41) is 7.23. The van der Waals surface area contributed by atoms with Crippen LogP contribution in [-0.2, 0) is 6.54 Å². The van der Waals surface area contributed by atoms with E-state index in [-0.39, 0.29) is 11.1 Å². The largest absolute Gasteiger partial charge is 0.308 e. The molecule has 0 fully saturated rings. The summed E-state index contributed by atoms with van der Waals surface area (Å²) in [7, 11) is 0. The summed E-state index contributed by atoms with van der Waals surface area (Å²) in [5.74, 6) is -0.487. The van der Waals surface area contributed by atoms with Crippen molar-refractivity contribution in [3.8, 4) is 0 Å². The Hall–Kier alpha value is -3.22. The molecule has 0 aliphatic rings. The number of benzene rings is 1. The van der Waals surface area contributed by atoms with Gasteiger partial charge in [-0.15, -0.1) is 10.2 Å². The highest BCUT2D eigenvalue weighted by Crippen LogP contribution is 2.09. The molecule has 2 aromatic heterocycles. The van der Waals surface area contributed by atoms with Crippen molar-refractivity contribution in [2.75, 3.05) is 5.43 Å². The van der Waals surface area contributed by atoms with E-state index in [0.29, 0.717) is 12.1 Å². The molecular formula is C17H17N5O2. The van der Waals surface area contributed by atoms with Crippen LogP contribution in [0.5, 0.6) is 0 Å². The van der Waals surface area contributed by atoms with Gasteiger partial charge in [0, 0.05) is 5.69 Å². The van der Waals surface area contributed by atoms with Gasteiger partial charge in [0.25, 0.3) is 11.5 Å². The van der Waals surface area contributed by atoms with Gasteiger partial charge in [0.05, 0.1) is 6.54 Å². The second-order valence-corrected chi connectivity index (χ2v) is 5.53. The molecular weight excluding hydrogens is 306 g/mol. The van der Waals surface area contributed by atoms with Crippen LogP contribution in [0.25, 0.3) is 0 Å². The Morgan fingerprint density at radius 2 is 1.79 bits per heavy atom. The third kappa shape index (κ3) is 3.10. The zero-order chi connectivity index (χ0) is 17.1. The van der Waals surface area contributed by atoms with Gasteiger partial charge >= 0.3 is 0 Å². The van der Waals surface area contributed by atoms with E-state index < -0.39 is 5.91 Å². The van der Waals surface area contributed by atoms with Crippen molar-refractivity contribution in [1.82, 2.24) is 19.4 Å². The van der Waals surface area contributed by atoms with Crippen molar-refractivity contribution in [3.63, 3.8) is 0 Å². The molecule has 0 unspecified atom stereocenters. The number of rotatable bonds is 4. The van der Waals surface area contributed by atoms with Gasteiger partial charge in [-0.05, 0) is 31.0 Å². The first-order valence-corrected chi connectivity index (χ1v) is 7.47. The molecule has 122 valence electrons. The zero-order valence-electron chi connectivity index (χ0n) is 13.4. The monoisotopic (exact) mass is 323 g/mol. The fourth-order valence-corrected chi connectivity index (χ4v) is 2.60. The van der Waals surface area contributed by atoms with E-state index in [2.05, 4.69) is 15.6 Å². The van der Waals surface area contributed by atoms with Gasteiger partial charge in [0.15, 0.2) is 0 Å². The molecule has 24 heavy (non-hydrogen) atoms. The van der Waals surface area contributed by atoms with Gasteiger partial charge in [0.1, 0.15) is 18.2 Å². The molecule has 7 heteroatoms. The number of aromatic nitrogens is 4. The molecule has 1 aromatic carbocycles. The van der Waals surface area contributed by atoms with E-state index in [9.17, 15) is 9.59 Å². The van der Waals surface area contributed by atoms with E-state index in [1.165, 1.54) is 17.3 Å². The Balaban J connectivity index is 1.99. The summed E-state index contributed by atoms with van der Waals surface area (Å²) in [6.45, 7) is 4.03. The molecule has 7 nitrogen and oxygen atoms in total. The normalized spacial score (nSPS) is 10.6. The van der Waals surface area contributed by atoms with Crippen molar-refractivity contribution in [3.05, 3.63) is 81.8 Å². The summed E-state index contributed by atoms with van der Waals surface area (Å²) in [6.07, 6.45) is 2.70. The third-order valence-corrected chi connectivity index (χ3v) is 3.76. The second-order valence-electron chi connectivity index (χ2n) is 5.53. The smallest absolute Gasteiger partial charge is 0.276 e. The molecule has 0 bridgehead atoms. The van der Waals surface area contributed by atoms with Gasteiger partial charge in [-0.25, -0.2) is 4.68 Å². The Labute approximate surface area is 138 Å². The number of nitrogens with zero attached hydrogens (tertiary/aromatic N) is 4. The SMILES string of the molecule is Cc1cc(C)n(Cc2ccccc2)c(=O)c1C(=O)Nn1cnnc1. The maximum absolute atomic E-state index is 12.8. The van der Waals surface area contributed by atoms with Gasteiger partial charge in [-0.1, -0.05) is 30.3 Å². The van der Waals surface area contributed by atoms with Crippen LogP contribution in [-0.4, -0.2) is 25.3 Å². The number of hydrogen-bond acceptors (Lipinski definition) is 4. The van der Waals surface area contributed by atoms with Gasteiger partial charge in [-0.2, -0.15) is 0 Å². The average molecular weight is 323 g/mol. The number of amides is 1. The first kappa shape index (κ1) is 15.7. The highest BCUT2D eigenvalue weighted by molar-refractivity contribution is 6.00. The third-order valence-electron chi connectivity index (χ3n) is 3.76. The number of aryl methyl sites for hydroxylation is 2. The first-order valence-electron chi connectivity index (χ1n) is 7.47. The minimum Gasteiger partial charge on any atom is -0.308 e. The van der Waals surface area contributed by atoms with Crippen LogP contribution < -0.4 is 11.0 Å². The second kappa shape index (κ2) is 6.49. The number of nitrogens with one attached hydrogen (secondary N) is 1. The van der Waals surface area contributed by atoms with Gasteiger partial charge in [0.2, 0.25) is 0 Å². The Bertz CT molecular complexity index is 914. The Kier molecular flexibility index (Phi) is 4.24. The maximum Gasteiger partial charge on any atom is 0.276 e. The zero-order valence-corrected chi connectivity index (χ0v) is 13.4. The lowest BCUT2D eigenvalue weighted by Crippen LogP contribution is -2.34. The maximum atomic E-state index is 12.8. The van der Waals surface area contributed by atoms with E-state index in [4.69, 9.17) is 0 Å². The van der Waals surface area contributed by atoms with Crippen molar-refractivity contribution in [1.29, 1.82) is 0 Å². The molecule has 2 heterocycles. The number of carbonyl (C=O) groups is 1. The Morgan fingerprint density at radius 3 is 2.46 bits per heavy atom. The molecule has 0 atom stereocenters. The van der Waals surface area contributed by atoms with Crippen molar-refractivity contribution >= 4 is 5.91 Å². The van der Waals surface area contributed by atoms with E-state index in [0.717, 1.165) is 11.3 Å². The van der Waals surface area contributed by atoms with Gasteiger partial charge in [-0.3, -0.25) is 15.0 Å². The number of pyridine rings is 1. The van der Waals surface area contributed by atoms with Crippen LogP contribution in [0.4, 0.5) is 0 Å². The highest BCUT2D eigenvalue weighted by atomic mass is 16.2.